The van der Waals surface area contributed by atoms with Crippen LogP contribution in [0.15, 0.2) is 53.0 Å². The van der Waals surface area contributed by atoms with Gasteiger partial charge in [-0.1, -0.05) is 34.1 Å². The van der Waals surface area contributed by atoms with Crippen LogP contribution in [0.3, 0.4) is 0 Å². The summed E-state index contributed by atoms with van der Waals surface area (Å²) in [6.07, 6.45) is 0. The first kappa shape index (κ1) is 16.6. The number of amides is 2. The van der Waals surface area contributed by atoms with Crippen molar-refractivity contribution in [3.05, 3.63) is 58.6 Å². The molecule has 2 atom stereocenters. The molecule has 0 bridgehead atoms. The lowest BCUT2D eigenvalue weighted by Gasteiger charge is -2.23. The summed E-state index contributed by atoms with van der Waals surface area (Å²) in [4.78, 5) is 16.5. The summed E-state index contributed by atoms with van der Waals surface area (Å²) in [5.41, 5.74) is 2.49. The van der Waals surface area contributed by atoms with Gasteiger partial charge in [-0.25, -0.2) is 13.2 Å². The van der Waals surface area contributed by atoms with Crippen LogP contribution in [0.5, 0.6) is 0 Å². The molecular weight excluding hydrogens is 404 g/mol. The lowest BCUT2D eigenvalue weighted by molar-refractivity contribution is 0.255. The smallest absolute Gasteiger partial charge is 0.288 e. The molecule has 0 aromatic heterocycles. The third-order valence-electron chi connectivity index (χ3n) is 4.74. The normalized spacial score (nSPS) is 24.6. The van der Waals surface area contributed by atoms with Gasteiger partial charge in [0.2, 0.25) is 0 Å². The Labute approximate surface area is 155 Å². The second-order valence-electron chi connectivity index (χ2n) is 6.55. The van der Waals surface area contributed by atoms with Gasteiger partial charge in [0.25, 0.3) is 0 Å². The Morgan fingerprint density at radius 3 is 2.08 bits per heavy atom. The number of rotatable bonds is 2. The van der Waals surface area contributed by atoms with Crippen molar-refractivity contribution >= 4 is 43.2 Å². The molecule has 2 aromatic rings. The number of urea groups is 1. The van der Waals surface area contributed by atoms with Crippen molar-refractivity contribution in [1.82, 2.24) is 0 Å². The summed E-state index contributed by atoms with van der Waals surface area (Å²) in [6, 6.07) is 14.1. The molecule has 130 valence electrons. The molecule has 2 unspecified atom stereocenters. The maximum absolute atomic E-state index is 13.2. The highest BCUT2D eigenvalue weighted by Crippen LogP contribution is 2.38. The molecule has 2 saturated heterocycles. The molecule has 0 aliphatic carbocycles. The highest BCUT2D eigenvalue weighted by Gasteiger charge is 2.54. The Balaban J connectivity index is 1.83. The van der Waals surface area contributed by atoms with E-state index < -0.39 is 9.84 Å². The van der Waals surface area contributed by atoms with Crippen LogP contribution in [-0.2, 0) is 9.84 Å². The van der Waals surface area contributed by atoms with E-state index >= 15 is 0 Å². The van der Waals surface area contributed by atoms with E-state index in [-0.39, 0.29) is 29.6 Å². The van der Waals surface area contributed by atoms with Gasteiger partial charge in [0.1, 0.15) is 0 Å². The standard InChI is InChI=1S/C18H17BrN2O3S/c1-12-4-2-6-14(8-12)20-16-10-25(23,24)11-17(16)21(18(20)22)15-7-3-5-13(19)9-15/h2-9,16-17H,10-11H2,1H3. The van der Waals surface area contributed by atoms with Gasteiger partial charge in [0, 0.05) is 15.8 Å². The van der Waals surface area contributed by atoms with E-state index in [0.717, 1.165) is 15.7 Å². The lowest BCUT2D eigenvalue weighted by atomic mass is 10.1. The number of carbonyl (C=O) groups excluding carboxylic acids is 1. The highest BCUT2D eigenvalue weighted by atomic mass is 79.9. The first-order valence-corrected chi connectivity index (χ1v) is 10.6. The summed E-state index contributed by atoms with van der Waals surface area (Å²) in [7, 11) is -3.18. The fourth-order valence-electron chi connectivity index (χ4n) is 3.71. The van der Waals surface area contributed by atoms with Crippen molar-refractivity contribution in [1.29, 1.82) is 0 Å². The molecule has 5 nitrogen and oxygen atoms in total. The van der Waals surface area contributed by atoms with Gasteiger partial charge in [0.15, 0.2) is 9.84 Å². The van der Waals surface area contributed by atoms with Crippen LogP contribution in [0, 0.1) is 6.92 Å². The SMILES string of the molecule is Cc1cccc(N2C(=O)N(c3cccc(Br)c3)C3CS(=O)(=O)CC32)c1. The third-order valence-corrected chi connectivity index (χ3v) is 6.93. The molecule has 2 heterocycles. The topological polar surface area (TPSA) is 57.7 Å². The Hall–Kier alpha value is -1.86. The van der Waals surface area contributed by atoms with E-state index in [4.69, 9.17) is 0 Å². The van der Waals surface area contributed by atoms with Crippen molar-refractivity contribution in [3.63, 3.8) is 0 Å². The van der Waals surface area contributed by atoms with Gasteiger partial charge < -0.3 is 0 Å². The van der Waals surface area contributed by atoms with Gasteiger partial charge in [-0.3, -0.25) is 9.80 Å². The summed E-state index contributed by atoms with van der Waals surface area (Å²) < 4.78 is 25.4. The summed E-state index contributed by atoms with van der Waals surface area (Å²) >= 11 is 3.42. The van der Waals surface area contributed by atoms with Crippen molar-refractivity contribution in [2.24, 2.45) is 0 Å². The molecule has 0 radical (unpaired) electrons. The fraction of sp³-hybridized carbons (Fsp3) is 0.278. The Morgan fingerprint density at radius 1 is 0.960 bits per heavy atom. The second kappa shape index (κ2) is 5.85. The molecule has 0 saturated carbocycles. The number of fused-ring (bicyclic) bond motifs is 1. The first-order valence-electron chi connectivity index (χ1n) is 8.01. The van der Waals surface area contributed by atoms with Crippen LogP contribution >= 0.6 is 15.9 Å². The van der Waals surface area contributed by atoms with Crippen LogP contribution in [0.2, 0.25) is 0 Å². The Kier molecular flexibility index (Phi) is 3.88. The fourth-order valence-corrected chi connectivity index (χ4v) is 6.02. The summed E-state index contributed by atoms with van der Waals surface area (Å²) in [5.74, 6) is 0.0000868. The monoisotopic (exact) mass is 420 g/mol. The number of hydrogen-bond donors (Lipinski definition) is 0. The molecule has 4 rings (SSSR count). The molecule has 0 spiro atoms. The minimum atomic E-state index is -3.18. The van der Waals surface area contributed by atoms with E-state index in [1.807, 2.05) is 55.5 Å². The first-order chi connectivity index (χ1) is 11.9. The number of hydrogen-bond acceptors (Lipinski definition) is 3. The van der Waals surface area contributed by atoms with E-state index in [1.165, 1.54) is 0 Å². The number of sulfone groups is 1. The summed E-state index contributed by atoms with van der Waals surface area (Å²) in [6.45, 7) is 1.96. The molecule has 2 aliphatic rings. The number of halogens is 1. The summed E-state index contributed by atoms with van der Waals surface area (Å²) in [5, 5.41) is 0. The van der Waals surface area contributed by atoms with Crippen molar-refractivity contribution < 1.29 is 13.2 Å². The highest BCUT2D eigenvalue weighted by molar-refractivity contribution is 9.10. The van der Waals surface area contributed by atoms with Gasteiger partial charge in [-0.2, -0.15) is 0 Å². The zero-order chi connectivity index (χ0) is 17.8. The minimum absolute atomic E-state index is 0.00175. The van der Waals surface area contributed by atoms with Crippen molar-refractivity contribution in [2.75, 3.05) is 21.3 Å². The molecule has 2 fully saturated rings. The van der Waals surface area contributed by atoms with Gasteiger partial charge in [0.05, 0.1) is 23.6 Å². The maximum atomic E-state index is 13.2. The van der Waals surface area contributed by atoms with Gasteiger partial charge in [-0.05, 0) is 42.8 Å². The third kappa shape index (κ3) is 2.85. The molecule has 2 aromatic carbocycles. The molecule has 7 heteroatoms. The zero-order valence-electron chi connectivity index (χ0n) is 13.6. The largest absolute Gasteiger partial charge is 0.329 e. The molecular formula is C18H17BrN2O3S. The number of carbonyl (C=O) groups is 1. The second-order valence-corrected chi connectivity index (χ2v) is 9.62. The predicted molar refractivity (Wildman–Crippen MR) is 102 cm³/mol. The molecule has 2 aliphatic heterocycles. The molecule has 2 amide bonds. The van der Waals surface area contributed by atoms with E-state index in [0.29, 0.717) is 5.69 Å². The van der Waals surface area contributed by atoms with Gasteiger partial charge >= 0.3 is 6.03 Å². The average molecular weight is 421 g/mol. The van der Waals surface area contributed by atoms with E-state index in [1.54, 1.807) is 9.80 Å². The van der Waals surface area contributed by atoms with Crippen LogP contribution in [-0.4, -0.2) is 38.0 Å². The van der Waals surface area contributed by atoms with E-state index in [9.17, 15) is 13.2 Å². The quantitative estimate of drug-likeness (QED) is 0.699. The lowest BCUT2D eigenvalue weighted by Crippen LogP contribution is -2.37. The van der Waals surface area contributed by atoms with Crippen molar-refractivity contribution in [2.45, 2.75) is 19.0 Å². The minimum Gasteiger partial charge on any atom is -0.288 e. The number of anilines is 2. The van der Waals surface area contributed by atoms with Crippen LogP contribution in [0.25, 0.3) is 0 Å². The van der Waals surface area contributed by atoms with Crippen LogP contribution < -0.4 is 9.80 Å². The molecule has 0 N–H and O–H groups in total. The Bertz CT molecular complexity index is 891. The maximum Gasteiger partial charge on any atom is 0.329 e. The Morgan fingerprint density at radius 2 is 1.52 bits per heavy atom. The number of nitrogens with zero attached hydrogens (tertiary/aromatic N) is 2. The van der Waals surface area contributed by atoms with Crippen molar-refractivity contribution in [3.8, 4) is 0 Å². The van der Waals surface area contributed by atoms with Crippen LogP contribution in [0.1, 0.15) is 5.56 Å². The average Bonchev–Trinajstić information content (AvgIpc) is 2.95. The zero-order valence-corrected chi connectivity index (χ0v) is 16.0. The van der Waals surface area contributed by atoms with Gasteiger partial charge in [-0.15, -0.1) is 0 Å². The van der Waals surface area contributed by atoms with Crippen LogP contribution in [0.4, 0.5) is 16.2 Å². The van der Waals surface area contributed by atoms with E-state index in [2.05, 4.69) is 15.9 Å². The number of aryl methyl sites for hydroxylation is 1. The molecule has 25 heavy (non-hydrogen) atoms. The number of benzene rings is 2. The predicted octanol–water partition coefficient (Wildman–Crippen LogP) is 3.37.